The van der Waals surface area contributed by atoms with E-state index in [4.69, 9.17) is 0 Å². The molecule has 1 aromatic heterocycles. The summed E-state index contributed by atoms with van der Waals surface area (Å²) in [5.74, 6) is -0.161. The third-order valence-electron chi connectivity index (χ3n) is 4.70. The molecule has 1 fully saturated rings. The highest BCUT2D eigenvalue weighted by molar-refractivity contribution is 14.1. The van der Waals surface area contributed by atoms with Crippen LogP contribution in [0.25, 0.3) is 11.3 Å². The van der Waals surface area contributed by atoms with Crippen molar-refractivity contribution in [1.29, 1.82) is 0 Å². The fourth-order valence-electron chi connectivity index (χ4n) is 3.20. The minimum absolute atomic E-state index is 0.0365. The van der Waals surface area contributed by atoms with Gasteiger partial charge in [0.2, 0.25) is 5.91 Å². The summed E-state index contributed by atoms with van der Waals surface area (Å²) in [7, 11) is 0. The van der Waals surface area contributed by atoms with Crippen molar-refractivity contribution in [3.63, 3.8) is 0 Å². The van der Waals surface area contributed by atoms with E-state index in [1.807, 2.05) is 48.5 Å². The summed E-state index contributed by atoms with van der Waals surface area (Å²) in [6, 6.07) is 18.6. The zero-order valence-corrected chi connectivity index (χ0v) is 17.7. The number of halogens is 1. The lowest BCUT2D eigenvalue weighted by atomic mass is 10.1. The Morgan fingerprint density at radius 3 is 2.66 bits per heavy atom. The molecule has 29 heavy (non-hydrogen) atoms. The van der Waals surface area contributed by atoms with E-state index in [-0.39, 0.29) is 11.8 Å². The molecular formula is C22H19IN4O2. The lowest BCUT2D eigenvalue weighted by molar-refractivity contribution is -0.118. The van der Waals surface area contributed by atoms with Gasteiger partial charge in [-0.05, 0) is 77.2 Å². The first-order chi connectivity index (χ1) is 14.1. The van der Waals surface area contributed by atoms with Gasteiger partial charge in [0.05, 0.1) is 12.2 Å². The summed E-state index contributed by atoms with van der Waals surface area (Å²) in [5.41, 5.74) is 3.88. The van der Waals surface area contributed by atoms with Crippen molar-refractivity contribution in [2.24, 2.45) is 0 Å². The standard InChI is InChI=1S/C22H19IN4O2/c23-19-9-6-16(13-18(19)20-3-1-2-10-25-20)26-22(29)15-4-7-17(8-5-15)27-12-11-24-14-21(27)28/h1-10,13,24H,11-12,14H2,(H,26,29). The number of benzene rings is 2. The number of aromatic nitrogens is 1. The lowest BCUT2D eigenvalue weighted by Crippen LogP contribution is -2.48. The second kappa shape index (κ2) is 8.71. The summed E-state index contributed by atoms with van der Waals surface area (Å²) < 4.78 is 1.06. The molecule has 0 atom stereocenters. The van der Waals surface area contributed by atoms with Crippen molar-refractivity contribution in [2.45, 2.75) is 0 Å². The monoisotopic (exact) mass is 498 g/mol. The molecule has 2 aromatic carbocycles. The molecule has 2 heterocycles. The zero-order valence-electron chi connectivity index (χ0n) is 15.6. The maximum Gasteiger partial charge on any atom is 0.255 e. The van der Waals surface area contributed by atoms with Crippen molar-refractivity contribution < 1.29 is 9.59 Å². The number of rotatable bonds is 4. The number of carbonyl (C=O) groups excluding carboxylic acids is 2. The number of nitrogens with zero attached hydrogens (tertiary/aromatic N) is 2. The van der Waals surface area contributed by atoms with Crippen molar-refractivity contribution in [3.8, 4) is 11.3 Å². The number of hydrogen-bond donors (Lipinski definition) is 2. The third-order valence-corrected chi connectivity index (χ3v) is 5.64. The predicted molar refractivity (Wildman–Crippen MR) is 122 cm³/mol. The first-order valence-electron chi connectivity index (χ1n) is 9.25. The molecule has 1 aliphatic heterocycles. The van der Waals surface area contributed by atoms with Crippen LogP contribution in [-0.2, 0) is 4.79 Å². The molecule has 0 radical (unpaired) electrons. The molecule has 0 bridgehead atoms. The van der Waals surface area contributed by atoms with E-state index >= 15 is 0 Å². The summed E-state index contributed by atoms with van der Waals surface area (Å²) in [6.07, 6.45) is 1.75. The van der Waals surface area contributed by atoms with Gasteiger partial charge in [0.1, 0.15) is 0 Å². The molecule has 1 saturated heterocycles. The van der Waals surface area contributed by atoms with E-state index in [1.165, 1.54) is 0 Å². The van der Waals surface area contributed by atoms with Crippen molar-refractivity contribution in [2.75, 3.05) is 29.9 Å². The third kappa shape index (κ3) is 4.46. The van der Waals surface area contributed by atoms with Crippen molar-refractivity contribution in [1.82, 2.24) is 10.3 Å². The maximum atomic E-state index is 12.7. The first-order valence-corrected chi connectivity index (χ1v) is 10.3. The smallest absolute Gasteiger partial charge is 0.255 e. The van der Waals surface area contributed by atoms with Gasteiger partial charge in [-0.2, -0.15) is 0 Å². The van der Waals surface area contributed by atoms with Gasteiger partial charge in [-0.25, -0.2) is 0 Å². The Morgan fingerprint density at radius 2 is 1.93 bits per heavy atom. The number of hydrogen-bond acceptors (Lipinski definition) is 4. The molecule has 0 spiro atoms. The second-order valence-corrected chi connectivity index (χ2v) is 7.79. The largest absolute Gasteiger partial charge is 0.322 e. The fourth-order valence-corrected chi connectivity index (χ4v) is 3.81. The molecule has 0 saturated carbocycles. The zero-order chi connectivity index (χ0) is 20.2. The number of amides is 2. The van der Waals surface area contributed by atoms with Gasteiger partial charge < -0.3 is 15.5 Å². The highest BCUT2D eigenvalue weighted by Crippen LogP contribution is 2.27. The molecule has 6 nitrogen and oxygen atoms in total. The number of carbonyl (C=O) groups is 2. The fraction of sp³-hybridized carbons (Fsp3) is 0.136. The molecule has 0 aliphatic carbocycles. The van der Waals surface area contributed by atoms with Gasteiger partial charge in [0.25, 0.3) is 5.91 Å². The van der Waals surface area contributed by atoms with Crippen LogP contribution in [-0.4, -0.2) is 36.4 Å². The van der Waals surface area contributed by atoms with E-state index < -0.39 is 0 Å². The predicted octanol–water partition coefficient (Wildman–Crippen LogP) is 3.54. The average Bonchev–Trinajstić information content (AvgIpc) is 2.76. The molecule has 2 amide bonds. The van der Waals surface area contributed by atoms with E-state index in [0.29, 0.717) is 24.3 Å². The Kier molecular flexibility index (Phi) is 5.86. The number of anilines is 2. The normalized spacial score (nSPS) is 14.0. The molecular weight excluding hydrogens is 479 g/mol. The maximum absolute atomic E-state index is 12.7. The molecule has 0 unspecified atom stereocenters. The Hall–Kier alpha value is -2.78. The van der Waals surface area contributed by atoms with Crippen LogP contribution in [0.2, 0.25) is 0 Å². The number of pyridine rings is 1. The van der Waals surface area contributed by atoms with Gasteiger partial charge in [-0.1, -0.05) is 6.07 Å². The molecule has 3 aromatic rings. The van der Waals surface area contributed by atoms with Crippen LogP contribution in [0.5, 0.6) is 0 Å². The SMILES string of the molecule is O=C(Nc1ccc(I)c(-c2ccccn2)c1)c1ccc(N2CCNCC2=O)cc1. The summed E-state index contributed by atoms with van der Waals surface area (Å²) >= 11 is 2.26. The summed E-state index contributed by atoms with van der Waals surface area (Å²) in [4.78, 5) is 30.8. The minimum atomic E-state index is -0.198. The first kappa shape index (κ1) is 19.5. The van der Waals surface area contributed by atoms with Gasteiger partial charge in [-0.15, -0.1) is 0 Å². The Bertz CT molecular complexity index is 1040. The Morgan fingerprint density at radius 1 is 1.10 bits per heavy atom. The van der Waals surface area contributed by atoms with E-state index in [0.717, 1.165) is 27.1 Å². The number of piperazine rings is 1. The number of nitrogens with one attached hydrogen (secondary N) is 2. The molecule has 2 N–H and O–H groups in total. The van der Waals surface area contributed by atoms with Crippen LogP contribution in [0, 0.1) is 3.57 Å². The minimum Gasteiger partial charge on any atom is -0.322 e. The van der Waals surface area contributed by atoms with Crippen LogP contribution in [0.15, 0.2) is 66.9 Å². The molecule has 1 aliphatic rings. The second-order valence-electron chi connectivity index (χ2n) is 6.63. The summed E-state index contributed by atoms with van der Waals surface area (Å²) in [6.45, 7) is 1.73. The van der Waals surface area contributed by atoms with Crippen LogP contribution < -0.4 is 15.5 Å². The van der Waals surface area contributed by atoms with Crippen LogP contribution in [0.1, 0.15) is 10.4 Å². The topological polar surface area (TPSA) is 74.3 Å². The highest BCUT2D eigenvalue weighted by Gasteiger charge is 2.19. The highest BCUT2D eigenvalue weighted by atomic mass is 127. The van der Waals surface area contributed by atoms with Crippen LogP contribution >= 0.6 is 22.6 Å². The lowest BCUT2D eigenvalue weighted by Gasteiger charge is -2.27. The molecule has 4 rings (SSSR count). The van der Waals surface area contributed by atoms with Gasteiger partial charge >= 0.3 is 0 Å². The van der Waals surface area contributed by atoms with E-state index in [2.05, 4.69) is 38.2 Å². The average molecular weight is 498 g/mol. The Labute approximate surface area is 182 Å². The Balaban J connectivity index is 1.50. The molecule has 146 valence electrons. The summed E-state index contributed by atoms with van der Waals surface area (Å²) in [5, 5.41) is 5.99. The van der Waals surface area contributed by atoms with Crippen LogP contribution in [0.3, 0.4) is 0 Å². The van der Waals surface area contributed by atoms with Crippen molar-refractivity contribution >= 4 is 45.8 Å². The van der Waals surface area contributed by atoms with Gasteiger partial charge in [0, 0.05) is 45.4 Å². The molecule has 7 heteroatoms. The van der Waals surface area contributed by atoms with Crippen LogP contribution in [0.4, 0.5) is 11.4 Å². The van der Waals surface area contributed by atoms with Gasteiger partial charge in [-0.3, -0.25) is 14.6 Å². The quantitative estimate of drug-likeness (QED) is 0.540. The van der Waals surface area contributed by atoms with E-state index in [1.54, 1.807) is 23.2 Å². The van der Waals surface area contributed by atoms with E-state index in [9.17, 15) is 9.59 Å². The van der Waals surface area contributed by atoms with Crippen molar-refractivity contribution in [3.05, 3.63) is 76.0 Å². The van der Waals surface area contributed by atoms with Gasteiger partial charge in [0.15, 0.2) is 0 Å².